The Labute approximate surface area is 227 Å². The third-order valence-corrected chi connectivity index (χ3v) is 7.56. The van der Waals surface area contributed by atoms with Crippen molar-refractivity contribution in [3.63, 3.8) is 0 Å². The first-order valence-corrected chi connectivity index (χ1v) is 13.0. The second-order valence-corrected chi connectivity index (χ2v) is 10.6. The predicted molar refractivity (Wildman–Crippen MR) is 150 cm³/mol. The van der Waals surface area contributed by atoms with Crippen LogP contribution in [0, 0.1) is 5.41 Å². The molecule has 0 spiro atoms. The molecule has 0 atom stereocenters. The van der Waals surface area contributed by atoms with Gasteiger partial charge in [0.15, 0.2) is 0 Å². The standard InChI is InChI=1S/C27H26BrClN6O2/c1-35-23-9-3-17(24(36)32-19-6-4-18(28)5-7-19)13-22(23)34-26(35)33-21-12-16(2-8-20(21)29)14-31-25(37)27(15-30)10-11-27/h2-9,12-13H,10-11,14-15,30H2,1H3,(H,31,37)(H,32,36)(H,33,34). The molecule has 3 aromatic carbocycles. The maximum atomic E-state index is 12.8. The normalized spacial score (nSPS) is 13.8. The van der Waals surface area contributed by atoms with E-state index in [1.165, 1.54) is 0 Å². The maximum absolute atomic E-state index is 12.8. The summed E-state index contributed by atoms with van der Waals surface area (Å²) in [6.45, 7) is 0.748. The molecule has 4 aromatic rings. The monoisotopic (exact) mass is 580 g/mol. The number of carbonyl (C=O) groups is 2. The number of amides is 2. The molecule has 0 unspecified atom stereocenters. The number of aryl methyl sites for hydroxylation is 1. The number of halogens is 2. The topological polar surface area (TPSA) is 114 Å². The third-order valence-electron chi connectivity index (χ3n) is 6.70. The summed E-state index contributed by atoms with van der Waals surface area (Å²) in [5, 5.41) is 9.69. The summed E-state index contributed by atoms with van der Waals surface area (Å²) in [6, 6.07) is 18.3. The van der Waals surface area contributed by atoms with Gasteiger partial charge < -0.3 is 26.3 Å². The van der Waals surface area contributed by atoms with E-state index in [2.05, 4.69) is 36.9 Å². The number of carbonyl (C=O) groups excluding carboxylic acids is 2. The highest BCUT2D eigenvalue weighted by atomic mass is 79.9. The molecule has 8 nitrogen and oxygen atoms in total. The largest absolute Gasteiger partial charge is 0.352 e. The molecule has 1 aromatic heterocycles. The van der Waals surface area contributed by atoms with Crippen LogP contribution in [-0.2, 0) is 18.4 Å². The smallest absolute Gasteiger partial charge is 0.255 e. The molecule has 1 saturated carbocycles. The Morgan fingerprint density at radius 2 is 1.86 bits per heavy atom. The highest BCUT2D eigenvalue weighted by Gasteiger charge is 2.48. The van der Waals surface area contributed by atoms with Gasteiger partial charge in [-0.3, -0.25) is 9.59 Å². The van der Waals surface area contributed by atoms with Crippen molar-refractivity contribution in [1.29, 1.82) is 0 Å². The molecule has 0 bridgehead atoms. The van der Waals surface area contributed by atoms with Crippen LogP contribution in [0.4, 0.5) is 17.3 Å². The first kappa shape index (κ1) is 25.3. The lowest BCUT2D eigenvalue weighted by Gasteiger charge is -2.14. The lowest BCUT2D eigenvalue weighted by atomic mass is 10.1. The fourth-order valence-corrected chi connectivity index (χ4v) is 4.56. The summed E-state index contributed by atoms with van der Waals surface area (Å²) in [5.41, 5.74) is 9.67. The van der Waals surface area contributed by atoms with Crippen LogP contribution in [0.5, 0.6) is 0 Å². The minimum Gasteiger partial charge on any atom is -0.352 e. The molecular weight excluding hydrogens is 556 g/mol. The molecule has 5 N–H and O–H groups in total. The Morgan fingerprint density at radius 3 is 2.57 bits per heavy atom. The van der Waals surface area contributed by atoms with Crippen molar-refractivity contribution in [1.82, 2.24) is 14.9 Å². The Bertz CT molecular complexity index is 1500. The molecule has 1 fully saturated rings. The Morgan fingerprint density at radius 1 is 1.11 bits per heavy atom. The van der Waals surface area contributed by atoms with E-state index in [0.29, 0.717) is 46.5 Å². The second kappa shape index (κ2) is 10.2. The van der Waals surface area contributed by atoms with E-state index in [0.717, 1.165) is 28.4 Å². The molecule has 5 rings (SSSR count). The van der Waals surface area contributed by atoms with Crippen LogP contribution in [0.1, 0.15) is 28.8 Å². The van der Waals surface area contributed by atoms with Gasteiger partial charge in [0.25, 0.3) is 5.91 Å². The number of imidazole rings is 1. The minimum absolute atomic E-state index is 0.00483. The van der Waals surface area contributed by atoms with Crippen molar-refractivity contribution in [3.05, 3.63) is 81.3 Å². The Hall–Kier alpha value is -3.40. The van der Waals surface area contributed by atoms with E-state index in [4.69, 9.17) is 17.3 Å². The number of anilines is 3. The van der Waals surface area contributed by atoms with E-state index in [9.17, 15) is 9.59 Å². The summed E-state index contributed by atoms with van der Waals surface area (Å²) < 4.78 is 2.84. The van der Waals surface area contributed by atoms with Gasteiger partial charge in [0.1, 0.15) is 0 Å². The van der Waals surface area contributed by atoms with Crippen LogP contribution >= 0.6 is 27.5 Å². The van der Waals surface area contributed by atoms with Gasteiger partial charge in [-0.25, -0.2) is 4.98 Å². The van der Waals surface area contributed by atoms with E-state index >= 15 is 0 Å². The Balaban J connectivity index is 1.32. The fourth-order valence-electron chi connectivity index (χ4n) is 4.13. The maximum Gasteiger partial charge on any atom is 0.255 e. The molecule has 190 valence electrons. The zero-order valence-electron chi connectivity index (χ0n) is 20.1. The molecule has 10 heteroatoms. The van der Waals surface area contributed by atoms with Crippen molar-refractivity contribution < 1.29 is 9.59 Å². The van der Waals surface area contributed by atoms with Crippen molar-refractivity contribution in [2.45, 2.75) is 19.4 Å². The fraction of sp³-hybridized carbons (Fsp3) is 0.222. The highest BCUT2D eigenvalue weighted by Crippen LogP contribution is 2.44. The van der Waals surface area contributed by atoms with Crippen LogP contribution in [0.2, 0.25) is 5.02 Å². The van der Waals surface area contributed by atoms with Crippen molar-refractivity contribution in [2.75, 3.05) is 17.2 Å². The van der Waals surface area contributed by atoms with Crippen LogP contribution in [-0.4, -0.2) is 27.9 Å². The number of nitrogens with two attached hydrogens (primary N) is 1. The number of hydrogen-bond donors (Lipinski definition) is 4. The molecule has 1 aliphatic carbocycles. The average molecular weight is 582 g/mol. The number of benzene rings is 3. The first-order chi connectivity index (χ1) is 17.8. The lowest BCUT2D eigenvalue weighted by Crippen LogP contribution is -2.36. The van der Waals surface area contributed by atoms with Gasteiger partial charge in [0.2, 0.25) is 11.9 Å². The van der Waals surface area contributed by atoms with Crippen molar-refractivity contribution in [3.8, 4) is 0 Å². The summed E-state index contributed by atoms with van der Waals surface area (Å²) in [7, 11) is 1.89. The van der Waals surface area contributed by atoms with Crippen LogP contribution in [0.15, 0.2) is 65.1 Å². The molecule has 1 aliphatic rings. The molecular formula is C27H26BrClN6O2. The Kier molecular flexibility index (Phi) is 6.94. The van der Waals surface area contributed by atoms with E-state index in [1.54, 1.807) is 18.2 Å². The molecule has 0 saturated heterocycles. The van der Waals surface area contributed by atoms with Gasteiger partial charge in [-0.05, 0) is 73.0 Å². The second-order valence-electron chi connectivity index (χ2n) is 9.27. The SMILES string of the molecule is Cn1c(Nc2cc(CNC(=O)C3(CN)CC3)ccc2Cl)nc2cc(C(=O)Nc3ccc(Br)cc3)ccc21. The van der Waals surface area contributed by atoms with E-state index in [-0.39, 0.29) is 11.8 Å². The molecule has 0 aliphatic heterocycles. The van der Waals surface area contributed by atoms with Gasteiger partial charge in [0, 0.05) is 35.9 Å². The van der Waals surface area contributed by atoms with Gasteiger partial charge in [-0.15, -0.1) is 0 Å². The van der Waals surface area contributed by atoms with E-state index < -0.39 is 5.41 Å². The summed E-state index contributed by atoms with van der Waals surface area (Å²) >= 11 is 9.85. The number of nitrogens with zero attached hydrogens (tertiary/aromatic N) is 2. The van der Waals surface area contributed by atoms with Gasteiger partial charge in [-0.1, -0.05) is 33.6 Å². The van der Waals surface area contributed by atoms with Crippen LogP contribution in [0.25, 0.3) is 11.0 Å². The molecule has 37 heavy (non-hydrogen) atoms. The summed E-state index contributed by atoms with van der Waals surface area (Å²) in [6.07, 6.45) is 1.67. The summed E-state index contributed by atoms with van der Waals surface area (Å²) in [4.78, 5) is 29.9. The zero-order chi connectivity index (χ0) is 26.2. The van der Waals surface area contributed by atoms with Crippen LogP contribution < -0.4 is 21.7 Å². The van der Waals surface area contributed by atoms with Crippen LogP contribution in [0.3, 0.4) is 0 Å². The van der Waals surface area contributed by atoms with E-state index in [1.807, 2.05) is 54.1 Å². The zero-order valence-corrected chi connectivity index (χ0v) is 22.5. The molecule has 0 radical (unpaired) electrons. The number of rotatable bonds is 8. The number of aromatic nitrogens is 2. The van der Waals surface area contributed by atoms with Gasteiger partial charge in [0.05, 0.1) is 27.2 Å². The summed E-state index contributed by atoms with van der Waals surface area (Å²) in [5.74, 6) is 0.350. The minimum atomic E-state index is -0.394. The van der Waals surface area contributed by atoms with Crippen molar-refractivity contribution >= 4 is 67.7 Å². The first-order valence-electron chi connectivity index (χ1n) is 11.9. The molecule has 2 amide bonds. The third kappa shape index (κ3) is 5.34. The van der Waals surface area contributed by atoms with Crippen molar-refractivity contribution in [2.24, 2.45) is 18.2 Å². The van der Waals surface area contributed by atoms with Gasteiger partial charge >= 0.3 is 0 Å². The number of nitrogens with one attached hydrogen (secondary N) is 3. The quantitative estimate of drug-likeness (QED) is 0.224. The average Bonchev–Trinajstić information content (AvgIpc) is 3.65. The number of fused-ring (bicyclic) bond motifs is 1. The van der Waals surface area contributed by atoms with Gasteiger partial charge in [-0.2, -0.15) is 0 Å². The predicted octanol–water partition coefficient (Wildman–Crippen LogP) is 5.34. The highest BCUT2D eigenvalue weighted by molar-refractivity contribution is 9.10. The molecule has 1 heterocycles. The number of hydrogen-bond acceptors (Lipinski definition) is 5. The lowest BCUT2D eigenvalue weighted by molar-refractivity contribution is -0.126.